The summed E-state index contributed by atoms with van der Waals surface area (Å²) in [4.78, 5) is 33.0. The standard InChI is InChI=1S/C23H29N5O3/c1-17-14-18(25-31-17)15-26-10-12-27(13-11-26)16-21(29)28-20-7-3-2-6-19(20)24-22(30)23(28)8-4-5-9-23/h2-3,6-7,14H,4-5,8-13,15-16H2,1H3,(H,24,30). The second-order valence-corrected chi connectivity index (χ2v) is 8.92. The van der Waals surface area contributed by atoms with Crippen LogP contribution in [0.1, 0.15) is 37.1 Å². The number of aryl methyl sites for hydroxylation is 1. The van der Waals surface area contributed by atoms with E-state index in [1.165, 1.54) is 0 Å². The van der Waals surface area contributed by atoms with Gasteiger partial charge in [-0.25, -0.2) is 0 Å². The Morgan fingerprint density at radius 1 is 1.13 bits per heavy atom. The molecule has 8 nitrogen and oxygen atoms in total. The summed E-state index contributed by atoms with van der Waals surface area (Å²) in [5, 5.41) is 7.12. The Kier molecular flexibility index (Phi) is 5.27. The SMILES string of the molecule is Cc1cc(CN2CCN(CC(=O)N3c4ccccc4NC(=O)C34CCCC4)CC2)no1. The lowest BCUT2D eigenvalue weighted by Crippen LogP contribution is -2.62. The first kappa shape index (κ1) is 20.2. The molecule has 3 heterocycles. The maximum atomic E-state index is 13.6. The number of para-hydroxylation sites is 2. The molecular formula is C23H29N5O3. The van der Waals surface area contributed by atoms with Crippen molar-refractivity contribution in [3.8, 4) is 0 Å². The fourth-order valence-electron chi connectivity index (χ4n) is 5.22. The highest BCUT2D eigenvalue weighted by atomic mass is 16.5. The van der Waals surface area contributed by atoms with Crippen LogP contribution in [-0.4, -0.2) is 65.0 Å². The maximum Gasteiger partial charge on any atom is 0.250 e. The van der Waals surface area contributed by atoms with Crippen LogP contribution in [0, 0.1) is 6.92 Å². The minimum Gasteiger partial charge on any atom is -0.361 e. The monoisotopic (exact) mass is 423 g/mol. The van der Waals surface area contributed by atoms with Crippen LogP contribution in [0.25, 0.3) is 0 Å². The third-order valence-corrected chi connectivity index (χ3v) is 6.81. The van der Waals surface area contributed by atoms with Crippen molar-refractivity contribution in [2.75, 3.05) is 42.9 Å². The van der Waals surface area contributed by atoms with Crippen LogP contribution in [0.3, 0.4) is 0 Å². The highest BCUT2D eigenvalue weighted by molar-refractivity contribution is 6.15. The van der Waals surface area contributed by atoms with Gasteiger partial charge in [0.1, 0.15) is 11.3 Å². The number of nitrogens with zero attached hydrogens (tertiary/aromatic N) is 4. The summed E-state index contributed by atoms with van der Waals surface area (Å²) in [7, 11) is 0. The van der Waals surface area contributed by atoms with E-state index in [9.17, 15) is 9.59 Å². The molecule has 1 aliphatic carbocycles. The number of carbonyl (C=O) groups is 2. The van der Waals surface area contributed by atoms with E-state index in [0.717, 1.165) is 81.2 Å². The van der Waals surface area contributed by atoms with Crippen LogP contribution in [0.5, 0.6) is 0 Å². The van der Waals surface area contributed by atoms with Gasteiger partial charge in [-0.3, -0.25) is 24.3 Å². The summed E-state index contributed by atoms with van der Waals surface area (Å²) in [5.74, 6) is 0.806. The summed E-state index contributed by atoms with van der Waals surface area (Å²) in [5.41, 5.74) is 1.76. The lowest BCUT2D eigenvalue weighted by molar-refractivity contribution is -0.128. The Bertz CT molecular complexity index is 973. The van der Waals surface area contributed by atoms with Crippen molar-refractivity contribution in [1.29, 1.82) is 0 Å². The topological polar surface area (TPSA) is 81.9 Å². The van der Waals surface area contributed by atoms with E-state index in [1.807, 2.05) is 42.2 Å². The molecule has 0 radical (unpaired) electrons. The van der Waals surface area contributed by atoms with E-state index >= 15 is 0 Å². The zero-order valence-corrected chi connectivity index (χ0v) is 18.0. The van der Waals surface area contributed by atoms with E-state index in [1.54, 1.807) is 0 Å². The molecule has 8 heteroatoms. The molecule has 1 spiro atoms. The Morgan fingerprint density at radius 3 is 2.55 bits per heavy atom. The summed E-state index contributed by atoms with van der Waals surface area (Å²) < 4.78 is 5.16. The van der Waals surface area contributed by atoms with Crippen molar-refractivity contribution in [3.63, 3.8) is 0 Å². The lowest BCUT2D eigenvalue weighted by Gasteiger charge is -2.45. The first-order valence-corrected chi connectivity index (χ1v) is 11.2. The third kappa shape index (κ3) is 3.74. The van der Waals surface area contributed by atoms with Crippen molar-refractivity contribution >= 4 is 23.2 Å². The Labute approximate surface area is 182 Å². The van der Waals surface area contributed by atoms with Crippen LogP contribution in [-0.2, 0) is 16.1 Å². The van der Waals surface area contributed by atoms with Gasteiger partial charge in [-0.1, -0.05) is 30.1 Å². The summed E-state index contributed by atoms with van der Waals surface area (Å²) in [6, 6.07) is 9.62. The second kappa shape index (κ2) is 8.09. The highest BCUT2D eigenvalue weighted by Gasteiger charge is 2.52. The molecular weight excluding hydrogens is 394 g/mol. The van der Waals surface area contributed by atoms with Crippen molar-refractivity contribution in [2.24, 2.45) is 0 Å². The number of benzene rings is 1. The number of fused-ring (bicyclic) bond motifs is 1. The molecule has 31 heavy (non-hydrogen) atoms. The number of hydrogen-bond donors (Lipinski definition) is 1. The molecule has 0 bridgehead atoms. The lowest BCUT2D eigenvalue weighted by atomic mass is 9.89. The average Bonchev–Trinajstić information content (AvgIpc) is 3.40. The Balaban J connectivity index is 1.28. The van der Waals surface area contributed by atoms with Gasteiger partial charge in [-0.2, -0.15) is 0 Å². The van der Waals surface area contributed by atoms with Crippen LogP contribution in [0.15, 0.2) is 34.9 Å². The number of carbonyl (C=O) groups excluding carboxylic acids is 2. The summed E-state index contributed by atoms with van der Waals surface area (Å²) in [6.07, 6.45) is 3.40. The van der Waals surface area contributed by atoms with Crippen LogP contribution < -0.4 is 10.2 Å². The van der Waals surface area contributed by atoms with Gasteiger partial charge in [-0.05, 0) is 31.9 Å². The number of piperazine rings is 1. The zero-order valence-electron chi connectivity index (χ0n) is 18.0. The van der Waals surface area contributed by atoms with Gasteiger partial charge in [0.25, 0.3) is 5.91 Å². The number of anilines is 2. The van der Waals surface area contributed by atoms with Crippen LogP contribution in [0.2, 0.25) is 0 Å². The average molecular weight is 424 g/mol. The van der Waals surface area contributed by atoms with E-state index < -0.39 is 5.54 Å². The van der Waals surface area contributed by atoms with E-state index in [0.29, 0.717) is 6.54 Å². The maximum absolute atomic E-state index is 13.6. The Hall–Kier alpha value is -2.71. The molecule has 1 saturated carbocycles. The molecule has 1 saturated heterocycles. The summed E-state index contributed by atoms with van der Waals surface area (Å²) >= 11 is 0. The molecule has 1 N–H and O–H groups in total. The van der Waals surface area contributed by atoms with E-state index in [-0.39, 0.29) is 11.8 Å². The number of nitrogens with one attached hydrogen (secondary N) is 1. The first-order chi connectivity index (χ1) is 15.0. The van der Waals surface area contributed by atoms with Crippen molar-refractivity contribution in [3.05, 3.63) is 41.8 Å². The number of aromatic nitrogens is 1. The fourth-order valence-corrected chi connectivity index (χ4v) is 5.22. The Morgan fingerprint density at radius 2 is 1.84 bits per heavy atom. The molecule has 2 amide bonds. The second-order valence-electron chi connectivity index (χ2n) is 8.92. The van der Waals surface area contributed by atoms with Crippen LogP contribution >= 0.6 is 0 Å². The van der Waals surface area contributed by atoms with E-state index in [4.69, 9.17) is 4.52 Å². The quantitative estimate of drug-likeness (QED) is 0.813. The van der Waals surface area contributed by atoms with Gasteiger partial charge in [0.05, 0.1) is 23.6 Å². The number of hydrogen-bond acceptors (Lipinski definition) is 6. The molecule has 2 aliphatic heterocycles. The smallest absolute Gasteiger partial charge is 0.250 e. The highest BCUT2D eigenvalue weighted by Crippen LogP contribution is 2.45. The van der Waals surface area contributed by atoms with Crippen molar-refractivity contribution in [2.45, 2.75) is 44.7 Å². The molecule has 2 fully saturated rings. The molecule has 5 rings (SSSR count). The van der Waals surface area contributed by atoms with Crippen molar-refractivity contribution in [1.82, 2.24) is 15.0 Å². The predicted molar refractivity (Wildman–Crippen MR) is 117 cm³/mol. The zero-order chi connectivity index (χ0) is 21.4. The molecule has 3 aliphatic rings. The van der Waals surface area contributed by atoms with Gasteiger partial charge in [0, 0.05) is 38.8 Å². The van der Waals surface area contributed by atoms with Gasteiger partial charge >= 0.3 is 0 Å². The van der Waals surface area contributed by atoms with Crippen LogP contribution in [0.4, 0.5) is 11.4 Å². The largest absolute Gasteiger partial charge is 0.361 e. The van der Waals surface area contributed by atoms with Gasteiger partial charge < -0.3 is 9.84 Å². The minimum absolute atomic E-state index is 0.0183. The molecule has 2 aromatic rings. The normalized spacial score (nSPS) is 21.3. The predicted octanol–water partition coefficient (Wildman–Crippen LogP) is 2.40. The fraction of sp³-hybridized carbons (Fsp3) is 0.522. The molecule has 1 aromatic heterocycles. The van der Waals surface area contributed by atoms with E-state index in [2.05, 4.69) is 20.3 Å². The first-order valence-electron chi connectivity index (χ1n) is 11.2. The number of amides is 2. The number of rotatable bonds is 4. The minimum atomic E-state index is -0.738. The molecule has 1 aromatic carbocycles. The van der Waals surface area contributed by atoms with Crippen molar-refractivity contribution < 1.29 is 14.1 Å². The van der Waals surface area contributed by atoms with Gasteiger partial charge in [-0.15, -0.1) is 0 Å². The molecule has 0 atom stereocenters. The molecule has 0 unspecified atom stereocenters. The van der Waals surface area contributed by atoms with Gasteiger partial charge in [0.2, 0.25) is 5.91 Å². The third-order valence-electron chi connectivity index (χ3n) is 6.81. The van der Waals surface area contributed by atoms with Gasteiger partial charge in [0.15, 0.2) is 0 Å². The summed E-state index contributed by atoms with van der Waals surface area (Å²) in [6.45, 7) is 6.38. The molecule has 164 valence electrons.